The number of sulfone groups is 3. The van der Waals surface area contributed by atoms with Crippen molar-refractivity contribution in [2.75, 3.05) is 53.7 Å². The van der Waals surface area contributed by atoms with E-state index in [0.717, 1.165) is 44.5 Å². The molecular weight excluding hydrogens is 1720 g/mol. The molecule has 6 aliphatic rings. The van der Waals surface area contributed by atoms with Crippen LogP contribution in [0.25, 0.3) is 56.1 Å². The fourth-order valence-electron chi connectivity index (χ4n) is 14.2. The van der Waals surface area contributed by atoms with Crippen molar-refractivity contribution >= 4 is 148 Å². The smallest absolute Gasteiger partial charge is 0.309 e. The van der Waals surface area contributed by atoms with Crippen molar-refractivity contribution in [3.63, 3.8) is 0 Å². The van der Waals surface area contributed by atoms with E-state index in [1.165, 1.54) is 45.5 Å². The van der Waals surface area contributed by atoms with Crippen LogP contribution in [0.5, 0.6) is 0 Å². The number of hydrogen-bond acceptors (Lipinski definition) is 24. The molecule has 3 aromatic carbocycles. The molecular formula is C79H85F9N18O12S5. The standard InChI is InChI=1S/C28H29F3N6O4S.C24H22F3N5O3S.C23H25F2N7O3S.C4H5FO2.2H2S/c1-36-13-21(32-14-36)15-6-7-19(23(9-15)42(2,39)40)34-20-10-16(11-22(38)17-12-18(17)29)33-27-25(20)35-28(26(30)31)37(27)24-5-3-4-8-41-24;1-32-10-20(28-11-32)12-3-4-16(22(5-12)36(2,34)35)30-17-6-13(7-21(33)14-8-15(14)25)29-18-9-19(24(26)27)31-23(17)18;1-31-11-16(27-12-31)13-6-7-14(17(9-13)36(2,33)34)28-15-10-18(26)29-22-20(15)30-23(21(24)25)32(22)19-5-3-4-8-35-19;5-3-1-2(3)4(6)7;;/h6-7,9-10,13-14,17-18,24,26H,3-5,8,11-12H2,1-2H3,(H,33,34);3-6,10-11,14-15,24H,7-9H2,1-2H3,(H,29,30);6-7,9-12,19,21H,3-5,8H2,1-2H3,(H3,26,28,29);2-3H,1H2,(H,6,7);2*1H2/t17-,18+,24?;14-,15+;;2-,3+;;/m11.1../s1. The molecule has 2 saturated heterocycles. The highest BCUT2D eigenvalue weighted by atomic mass is 32.2. The van der Waals surface area contributed by atoms with Crippen LogP contribution in [0, 0.1) is 17.8 Å². The number of alkyl halides is 9. The van der Waals surface area contributed by atoms with Crippen molar-refractivity contribution in [3.8, 4) is 33.8 Å². The van der Waals surface area contributed by atoms with E-state index in [1.807, 2.05) is 7.05 Å². The van der Waals surface area contributed by atoms with Crippen molar-refractivity contribution in [2.24, 2.45) is 43.9 Å². The van der Waals surface area contributed by atoms with E-state index in [1.54, 1.807) is 102 Å². The van der Waals surface area contributed by atoms with E-state index in [-0.39, 0.29) is 183 Å². The maximum absolute atomic E-state index is 14.3. The van der Waals surface area contributed by atoms with Crippen LogP contribution < -0.4 is 21.7 Å². The molecule has 3 aliphatic heterocycles. The molecule has 3 saturated carbocycles. The third-order valence-corrected chi connectivity index (χ3v) is 24.0. The van der Waals surface area contributed by atoms with Gasteiger partial charge >= 0.3 is 5.97 Å². The number of hydrogen-bond donors (Lipinski definition) is 5. The molecule has 5 fully saturated rings. The Morgan fingerprint density at radius 2 is 0.878 bits per heavy atom. The molecule has 8 atom stereocenters. The Hall–Kier alpha value is -10.8. The maximum Gasteiger partial charge on any atom is 0.309 e. The van der Waals surface area contributed by atoms with Crippen molar-refractivity contribution in [1.82, 2.24) is 62.7 Å². The third kappa shape index (κ3) is 21.0. The minimum Gasteiger partial charge on any atom is -0.481 e. The number of ether oxygens (including phenoxy) is 2. The number of rotatable bonds is 24. The van der Waals surface area contributed by atoms with Gasteiger partial charge in [-0.25, -0.2) is 105 Å². The quantitative estimate of drug-likeness (QED) is 0.0351. The average molecular weight is 1810 g/mol. The summed E-state index contributed by atoms with van der Waals surface area (Å²) in [6.07, 6.45) is 4.09. The Bertz CT molecular complexity index is 6260. The summed E-state index contributed by atoms with van der Waals surface area (Å²) in [5.74, 6) is -4.68. The molecule has 3 aliphatic carbocycles. The van der Waals surface area contributed by atoms with Gasteiger partial charge < -0.3 is 50.0 Å². The Morgan fingerprint density at radius 1 is 0.504 bits per heavy atom. The third-order valence-electron chi connectivity index (χ3n) is 20.6. The fraction of sp³-hybridized carbons (Fsp3) is 0.392. The molecule has 0 radical (unpaired) electrons. The number of nitrogen functional groups attached to an aromatic ring is 1. The van der Waals surface area contributed by atoms with Crippen LogP contribution in [0.15, 0.2) is 130 Å². The number of Topliss-reactive ketones (excluding diaryl/α,β-unsaturated/α-hetero) is 2. The van der Waals surface area contributed by atoms with E-state index in [4.69, 9.17) is 20.3 Å². The van der Waals surface area contributed by atoms with Crippen molar-refractivity contribution in [1.29, 1.82) is 0 Å². The van der Waals surface area contributed by atoms with E-state index in [9.17, 15) is 79.2 Å². The molecule has 6 N–H and O–H groups in total. The SMILES string of the molecule is Cn1cnc(-c2ccc(Nc3cc(CC(=O)[C@@H]4C[C@@H]4F)nc4c3N=C(C(F)F)C4)c(S(C)(=O)=O)c2)c1.Cn1cnc(-c2ccc(Nc3cc(CC(=O)[C@@H]4C[C@@H]4F)nc4c3nc(C(F)F)n4C3CCCCO3)c(S(C)(=O)=O)c2)c1.Cn1cnc(-c2ccc(Nc3cc(N)nc4c3nc(C(F)F)n4C3CCCCO3)c(S(C)(=O)=O)c2)c1.O=C(O)[C@@H]1C[C@@H]1F.S.S. The second-order valence-corrected chi connectivity index (χ2v) is 36.3. The van der Waals surface area contributed by atoms with Gasteiger partial charge in [0, 0.05) is 114 Å². The van der Waals surface area contributed by atoms with Gasteiger partial charge in [-0.3, -0.25) is 28.5 Å². The maximum atomic E-state index is 14.3. The van der Waals surface area contributed by atoms with E-state index in [0.29, 0.717) is 59.8 Å². The summed E-state index contributed by atoms with van der Waals surface area (Å²) < 4.78 is 218. The number of carboxylic acids is 1. The lowest BCUT2D eigenvalue weighted by Crippen LogP contribution is -2.21. The molecule has 123 heavy (non-hydrogen) atoms. The molecule has 0 bridgehead atoms. The van der Waals surface area contributed by atoms with Gasteiger partial charge in [0.05, 0.1) is 125 Å². The minimum absolute atomic E-state index is 0. The van der Waals surface area contributed by atoms with Crippen LogP contribution in [0.2, 0.25) is 0 Å². The number of aromatic nitrogens is 13. The first-order chi connectivity index (χ1) is 57.3. The van der Waals surface area contributed by atoms with Crippen LogP contribution >= 0.6 is 27.0 Å². The molecule has 11 heterocycles. The fourth-order valence-corrected chi connectivity index (χ4v) is 16.8. The number of halogens is 9. The summed E-state index contributed by atoms with van der Waals surface area (Å²) in [6, 6.07) is 18.7. The number of aliphatic imine (C=N–C) groups is 1. The van der Waals surface area contributed by atoms with Crippen molar-refractivity contribution in [2.45, 2.75) is 142 Å². The van der Waals surface area contributed by atoms with Gasteiger partial charge in [0.15, 0.2) is 52.5 Å². The van der Waals surface area contributed by atoms with E-state index >= 15 is 0 Å². The Kier molecular flexibility index (Phi) is 27.5. The molecule has 17 rings (SSSR count). The van der Waals surface area contributed by atoms with Crippen molar-refractivity contribution < 1.29 is 93.7 Å². The molecule has 8 aromatic heterocycles. The lowest BCUT2D eigenvalue weighted by atomic mass is 10.1. The van der Waals surface area contributed by atoms with E-state index < -0.39 is 115 Å². The Balaban J connectivity index is 0.000000161. The summed E-state index contributed by atoms with van der Waals surface area (Å²) >= 11 is 0. The van der Waals surface area contributed by atoms with Gasteiger partial charge in [0.1, 0.15) is 65.1 Å². The summed E-state index contributed by atoms with van der Waals surface area (Å²) in [7, 11) is -5.78. The van der Waals surface area contributed by atoms with Crippen LogP contribution in [0.3, 0.4) is 0 Å². The van der Waals surface area contributed by atoms with Gasteiger partial charge in [-0.05, 0) is 106 Å². The molecule has 30 nitrogen and oxygen atoms in total. The molecule has 2 unspecified atom stereocenters. The topological polar surface area (TPSA) is 395 Å². The number of imidazole rings is 5. The molecule has 0 amide bonds. The van der Waals surface area contributed by atoms with Gasteiger partial charge in [0.25, 0.3) is 19.3 Å². The first kappa shape index (κ1) is 91.4. The summed E-state index contributed by atoms with van der Waals surface area (Å²) in [5.41, 5.74) is 11.8. The second kappa shape index (κ2) is 36.9. The number of nitrogens with one attached hydrogen (secondary N) is 3. The number of nitrogens with zero attached hydrogens (tertiary/aromatic N) is 14. The second-order valence-electron chi connectivity index (χ2n) is 30.4. The number of pyridine rings is 3. The number of anilines is 7. The van der Waals surface area contributed by atoms with Gasteiger partial charge in [0.2, 0.25) is 0 Å². The van der Waals surface area contributed by atoms with Gasteiger partial charge in [-0.1, -0.05) is 18.2 Å². The zero-order chi connectivity index (χ0) is 86.6. The predicted octanol–water partition coefficient (Wildman–Crippen LogP) is 13.9. The van der Waals surface area contributed by atoms with Crippen LogP contribution in [-0.2, 0) is 93.8 Å². The number of carbonyl (C=O) groups excluding carboxylic acids is 2. The first-order valence-corrected chi connectivity index (χ1v) is 43.8. The highest BCUT2D eigenvalue weighted by molar-refractivity contribution is 7.91. The van der Waals surface area contributed by atoms with Crippen molar-refractivity contribution in [3.05, 3.63) is 139 Å². The number of aliphatic carboxylic acids is 1. The Morgan fingerprint density at radius 3 is 1.21 bits per heavy atom. The molecule has 0 spiro atoms. The van der Waals surface area contributed by atoms with Crippen LogP contribution in [0.4, 0.5) is 85.1 Å². The number of ketones is 2. The summed E-state index contributed by atoms with van der Waals surface area (Å²) in [4.78, 5) is 73.1. The summed E-state index contributed by atoms with van der Waals surface area (Å²) in [6.45, 7) is 0.830. The van der Waals surface area contributed by atoms with Gasteiger partial charge in [-0.2, -0.15) is 27.0 Å². The van der Waals surface area contributed by atoms with Gasteiger partial charge in [-0.15, -0.1) is 0 Å². The predicted molar refractivity (Wildman–Crippen MR) is 448 cm³/mol. The highest BCUT2D eigenvalue weighted by Crippen LogP contribution is 2.45. The minimum atomic E-state index is -3.78. The van der Waals surface area contributed by atoms with E-state index in [2.05, 4.69) is 60.8 Å². The normalized spacial score (nSPS) is 19.6. The van der Waals surface area contributed by atoms with Crippen LogP contribution in [0.1, 0.15) is 112 Å². The number of carbonyl (C=O) groups is 3. The number of carboxylic acid groups (broad SMARTS) is 1. The molecule has 11 aromatic rings. The lowest BCUT2D eigenvalue weighted by Gasteiger charge is -2.25. The number of nitrogens with two attached hydrogens (primary N) is 1. The molecule has 656 valence electrons. The zero-order valence-electron chi connectivity index (χ0n) is 66.5. The highest BCUT2D eigenvalue weighted by Gasteiger charge is 2.46. The largest absolute Gasteiger partial charge is 0.481 e. The average Bonchev–Trinajstić information content (AvgIpc) is 1.61. The zero-order valence-corrected chi connectivity index (χ0v) is 71.0. The number of benzene rings is 3. The lowest BCUT2D eigenvalue weighted by molar-refractivity contribution is -0.139. The monoisotopic (exact) mass is 1810 g/mol. The molecule has 44 heteroatoms. The Labute approximate surface area is 712 Å². The van der Waals surface area contributed by atoms with Crippen LogP contribution in [-0.4, -0.2) is 173 Å². The number of aryl methyl sites for hydroxylation is 3. The number of fused-ring (bicyclic) bond motifs is 3. The summed E-state index contributed by atoms with van der Waals surface area (Å²) in [5, 5.41) is 17.1. The first-order valence-electron chi connectivity index (χ1n) is 38.1.